The average molecular weight is 285 g/mol. The van der Waals surface area contributed by atoms with Gasteiger partial charge in [-0.2, -0.15) is 0 Å². The Morgan fingerprint density at radius 2 is 2.20 bits per heavy atom. The molecule has 0 bridgehead atoms. The number of pyridine rings is 1. The van der Waals surface area contributed by atoms with Crippen LogP contribution in [0.25, 0.3) is 11.3 Å². The van der Waals surface area contributed by atoms with Gasteiger partial charge in [-0.25, -0.2) is 9.97 Å². The number of nitrogens with zero attached hydrogens (tertiary/aromatic N) is 4. The average Bonchev–Trinajstić information content (AvgIpc) is 3.06. The molecule has 0 aliphatic rings. The monoisotopic (exact) mass is 285 g/mol. The summed E-state index contributed by atoms with van der Waals surface area (Å²) >= 11 is 1.68. The Morgan fingerprint density at radius 1 is 1.30 bits per heavy atom. The van der Waals surface area contributed by atoms with Gasteiger partial charge in [0.1, 0.15) is 0 Å². The van der Waals surface area contributed by atoms with Crippen LogP contribution in [0.2, 0.25) is 0 Å². The standard InChI is InChI=1S/C14H15N5S/c1-10-18-11(8-20-10)3-5-19-9-17-7-14(19)12-6-16-4-2-13(12)15/h2,4,6-9H,3,5H2,1H3,(H2,15,16). The number of rotatable bonds is 4. The Hall–Kier alpha value is -2.21. The van der Waals surface area contributed by atoms with E-state index in [1.54, 1.807) is 29.8 Å². The molecule has 5 nitrogen and oxygen atoms in total. The molecule has 102 valence electrons. The van der Waals surface area contributed by atoms with Gasteiger partial charge in [-0.3, -0.25) is 4.98 Å². The Balaban J connectivity index is 1.82. The summed E-state index contributed by atoms with van der Waals surface area (Å²) in [6.07, 6.45) is 7.99. The van der Waals surface area contributed by atoms with Gasteiger partial charge in [-0.1, -0.05) is 0 Å². The first-order valence-corrected chi connectivity index (χ1v) is 7.23. The number of imidazole rings is 1. The van der Waals surface area contributed by atoms with E-state index < -0.39 is 0 Å². The summed E-state index contributed by atoms with van der Waals surface area (Å²) in [5, 5.41) is 3.20. The largest absolute Gasteiger partial charge is 0.398 e. The minimum atomic E-state index is 0.714. The molecule has 0 aliphatic heterocycles. The Morgan fingerprint density at radius 3 is 2.95 bits per heavy atom. The van der Waals surface area contributed by atoms with Gasteiger partial charge in [0.2, 0.25) is 0 Å². The third-order valence-electron chi connectivity index (χ3n) is 3.12. The van der Waals surface area contributed by atoms with Crippen molar-refractivity contribution in [2.24, 2.45) is 0 Å². The van der Waals surface area contributed by atoms with Crippen molar-refractivity contribution in [3.63, 3.8) is 0 Å². The first-order chi connectivity index (χ1) is 9.74. The van der Waals surface area contributed by atoms with Crippen molar-refractivity contribution in [1.82, 2.24) is 19.5 Å². The van der Waals surface area contributed by atoms with Crippen LogP contribution in [0.5, 0.6) is 0 Å². The van der Waals surface area contributed by atoms with E-state index in [2.05, 4.69) is 24.9 Å². The number of hydrogen-bond donors (Lipinski definition) is 1. The normalized spacial score (nSPS) is 10.8. The summed E-state index contributed by atoms with van der Waals surface area (Å²) in [5.74, 6) is 0. The van der Waals surface area contributed by atoms with Gasteiger partial charge in [0.05, 0.1) is 28.9 Å². The molecule has 0 radical (unpaired) electrons. The van der Waals surface area contributed by atoms with Crippen molar-refractivity contribution < 1.29 is 0 Å². The zero-order chi connectivity index (χ0) is 13.9. The van der Waals surface area contributed by atoms with Gasteiger partial charge in [0.15, 0.2) is 0 Å². The SMILES string of the molecule is Cc1nc(CCn2cncc2-c2cnccc2N)cs1. The number of nitrogen functional groups attached to an aromatic ring is 1. The second-order valence-electron chi connectivity index (χ2n) is 4.54. The molecule has 3 rings (SSSR count). The highest BCUT2D eigenvalue weighted by Gasteiger charge is 2.09. The molecule has 3 heterocycles. The van der Waals surface area contributed by atoms with Crippen LogP contribution >= 0.6 is 11.3 Å². The van der Waals surface area contributed by atoms with Crippen LogP contribution in [0.15, 0.2) is 36.4 Å². The van der Waals surface area contributed by atoms with E-state index in [0.717, 1.165) is 34.9 Å². The van der Waals surface area contributed by atoms with Crippen LogP contribution < -0.4 is 5.73 Å². The number of aryl methyl sites for hydroxylation is 3. The van der Waals surface area contributed by atoms with E-state index in [0.29, 0.717) is 5.69 Å². The lowest BCUT2D eigenvalue weighted by Gasteiger charge is -2.08. The molecule has 0 amide bonds. The first-order valence-electron chi connectivity index (χ1n) is 6.35. The van der Waals surface area contributed by atoms with Crippen molar-refractivity contribution in [2.75, 3.05) is 5.73 Å². The summed E-state index contributed by atoms with van der Waals surface area (Å²) < 4.78 is 2.09. The van der Waals surface area contributed by atoms with Crippen LogP contribution in [0, 0.1) is 6.92 Å². The third kappa shape index (κ3) is 2.55. The summed E-state index contributed by atoms with van der Waals surface area (Å²) in [6.45, 7) is 2.85. The molecule has 0 aromatic carbocycles. The quantitative estimate of drug-likeness (QED) is 0.799. The lowest BCUT2D eigenvalue weighted by Crippen LogP contribution is -2.03. The van der Waals surface area contributed by atoms with Crippen LogP contribution in [0.1, 0.15) is 10.7 Å². The number of thiazole rings is 1. The van der Waals surface area contributed by atoms with E-state index in [-0.39, 0.29) is 0 Å². The Kier molecular flexibility index (Phi) is 3.47. The fourth-order valence-corrected chi connectivity index (χ4v) is 2.75. The molecule has 6 heteroatoms. The molecule has 0 atom stereocenters. The van der Waals surface area contributed by atoms with Gasteiger partial charge in [-0.05, 0) is 13.0 Å². The molecule has 3 aromatic heterocycles. The number of aromatic nitrogens is 4. The highest BCUT2D eigenvalue weighted by Crippen LogP contribution is 2.24. The van der Waals surface area contributed by atoms with Crippen LogP contribution in [-0.4, -0.2) is 19.5 Å². The lowest BCUT2D eigenvalue weighted by molar-refractivity contribution is 0.692. The maximum absolute atomic E-state index is 6.00. The van der Waals surface area contributed by atoms with Gasteiger partial charge in [0, 0.05) is 42.0 Å². The maximum Gasteiger partial charge on any atom is 0.0951 e. The second kappa shape index (κ2) is 5.42. The smallest absolute Gasteiger partial charge is 0.0951 e. The van der Waals surface area contributed by atoms with Crippen molar-refractivity contribution in [3.05, 3.63) is 47.1 Å². The molecule has 0 fully saturated rings. The summed E-state index contributed by atoms with van der Waals surface area (Å²) in [4.78, 5) is 12.8. The molecule has 20 heavy (non-hydrogen) atoms. The summed E-state index contributed by atoms with van der Waals surface area (Å²) in [5.41, 5.74) is 9.74. The van der Waals surface area contributed by atoms with E-state index in [4.69, 9.17) is 5.73 Å². The second-order valence-corrected chi connectivity index (χ2v) is 5.61. The zero-order valence-corrected chi connectivity index (χ0v) is 12.0. The topological polar surface area (TPSA) is 69.6 Å². The van der Waals surface area contributed by atoms with Gasteiger partial charge in [-0.15, -0.1) is 11.3 Å². The third-order valence-corrected chi connectivity index (χ3v) is 3.94. The van der Waals surface area contributed by atoms with Crippen molar-refractivity contribution in [2.45, 2.75) is 19.9 Å². The van der Waals surface area contributed by atoms with Gasteiger partial charge < -0.3 is 10.3 Å². The van der Waals surface area contributed by atoms with Crippen LogP contribution in [0.3, 0.4) is 0 Å². The molecule has 3 aromatic rings. The van der Waals surface area contributed by atoms with E-state index >= 15 is 0 Å². The van der Waals surface area contributed by atoms with Crippen molar-refractivity contribution in [1.29, 1.82) is 0 Å². The summed E-state index contributed by atoms with van der Waals surface area (Å²) in [7, 11) is 0. The molecule has 0 saturated carbocycles. The maximum atomic E-state index is 6.00. The van der Waals surface area contributed by atoms with Crippen molar-refractivity contribution >= 4 is 17.0 Å². The Bertz CT molecular complexity index is 716. The van der Waals surface area contributed by atoms with Crippen LogP contribution in [0.4, 0.5) is 5.69 Å². The van der Waals surface area contributed by atoms with Gasteiger partial charge in [0.25, 0.3) is 0 Å². The van der Waals surface area contributed by atoms with E-state index in [1.807, 2.05) is 19.4 Å². The number of hydrogen-bond acceptors (Lipinski definition) is 5. The van der Waals surface area contributed by atoms with Crippen molar-refractivity contribution in [3.8, 4) is 11.3 Å². The lowest BCUT2D eigenvalue weighted by atomic mass is 10.2. The molecule has 0 unspecified atom stereocenters. The predicted octanol–water partition coefficient (Wildman–Crippen LogP) is 2.53. The molecule has 2 N–H and O–H groups in total. The number of nitrogens with two attached hydrogens (primary N) is 1. The highest BCUT2D eigenvalue weighted by molar-refractivity contribution is 7.09. The molecule has 0 spiro atoms. The van der Waals surface area contributed by atoms with Gasteiger partial charge >= 0.3 is 0 Å². The zero-order valence-electron chi connectivity index (χ0n) is 11.2. The van der Waals surface area contributed by atoms with E-state index in [9.17, 15) is 0 Å². The predicted molar refractivity (Wildman–Crippen MR) is 80.4 cm³/mol. The first kappa shape index (κ1) is 12.8. The van der Waals surface area contributed by atoms with Crippen LogP contribution in [-0.2, 0) is 13.0 Å². The molecular weight excluding hydrogens is 270 g/mol. The minimum absolute atomic E-state index is 0.714. The highest BCUT2D eigenvalue weighted by atomic mass is 32.1. The molecule has 0 aliphatic carbocycles. The fraction of sp³-hybridized carbons (Fsp3) is 0.214. The Labute approximate surface area is 121 Å². The summed E-state index contributed by atoms with van der Waals surface area (Å²) in [6, 6.07) is 1.80. The molecule has 0 saturated heterocycles. The number of anilines is 1. The fourth-order valence-electron chi connectivity index (χ4n) is 2.10. The van der Waals surface area contributed by atoms with E-state index in [1.165, 1.54) is 0 Å². The minimum Gasteiger partial charge on any atom is -0.398 e. The molecular formula is C14H15N5S.